The Labute approximate surface area is 109 Å². The Morgan fingerprint density at radius 2 is 2.22 bits per heavy atom. The lowest BCUT2D eigenvalue weighted by molar-refractivity contribution is -0.385. The molecule has 0 heterocycles. The Morgan fingerprint density at radius 3 is 2.67 bits per heavy atom. The first-order valence-electron chi connectivity index (χ1n) is 4.75. The van der Waals surface area contributed by atoms with Gasteiger partial charge in [-0.05, 0) is 12.1 Å². The lowest BCUT2D eigenvalue weighted by Gasteiger charge is -2.08. The number of nitro benzene ring substituents is 1. The van der Waals surface area contributed by atoms with Gasteiger partial charge < -0.3 is 15.6 Å². The van der Waals surface area contributed by atoms with Crippen molar-refractivity contribution in [2.45, 2.75) is 12.5 Å². The quantitative estimate of drug-likeness (QED) is 0.612. The molecule has 0 aliphatic rings. The maximum atomic E-state index is 10.7. The first kappa shape index (κ1) is 16.1. The average Bonchev–Trinajstić information content (AvgIpc) is 2.28. The van der Waals surface area contributed by atoms with Gasteiger partial charge in [0, 0.05) is 18.1 Å². The molecule has 1 aromatic rings. The van der Waals surface area contributed by atoms with Crippen molar-refractivity contribution in [1.29, 1.82) is 0 Å². The first-order chi connectivity index (χ1) is 7.95. The number of ether oxygens (including phenoxy) is 1. The number of benzene rings is 1. The highest BCUT2D eigenvalue weighted by atomic mass is 35.5. The van der Waals surface area contributed by atoms with E-state index in [-0.39, 0.29) is 30.1 Å². The summed E-state index contributed by atoms with van der Waals surface area (Å²) in [5.41, 5.74) is 5.42. The van der Waals surface area contributed by atoms with E-state index in [4.69, 9.17) is 15.6 Å². The molecular weight excluding hydrogens is 264 g/mol. The molecule has 1 unspecified atom stereocenters. The normalized spacial score (nSPS) is 11.2. The highest BCUT2D eigenvalue weighted by Gasteiger charge is 2.20. The zero-order valence-corrected chi connectivity index (χ0v) is 10.3. The number of hydrogen-bond acceptors (Lipinski definition) is 5. The number of halogens is 1. The highest BCUT2D eigenvalue weighted by molar-refractivity contribution is 5.85. The summed E-state index contributed by atoms with van der Waals surface area (Å²) in [4.78, 5) is 20.8. The van der Waals surface area contributed by atoms with E-state index in [0.29, 0.717) is 5.75 Å². The molecule has 100 valence electrons. The number of carboxylic acids is 1. The van der Waals surface area contributed by atoms with E-state index in [1.165, 1.54) is 25.3 Å². The van der Waals surface area contributed by atoms with Crippen LogP contribution in [0.15, 0.2) is 18.2 Å². The van der Waals surface area contributed by atoms with Gasteiger partial charge in [0.05, 0.1) is 12.0 Å². The fourth-order valence-corrected chi connectivity index (χ4v) is 1.35. The Bertz CT molecular complexity index is 452. The second-order valence-electron chi connectivity index (χ2n) is 3.40. The molecule has 0 spiro atoms. The zero-order chi connectivity index (χ0) is 13.0. The van der Waals surface area contributed by atoms with E-state index >= 15 is 0 Å². The standard InChI is InChI=1S/C10H12N2O5.ClH/c1-17-7-2-3-9(12(15)16)6(4-7)5-8(11)10(13)14;/h2-4,8H,5,11H2,1H3,(H,13,14);1H. The molecule has 1 aromatic carbocycles. The molecule has 3 N–H and O–H groups in total. The van der Waals surface area contributed by atoms with E-state index in [2.05, 4.69) is 0 Å². The van der Waals surface area contributed by atoms with Crippen LogP contribution in [0.2, 0.25) is 0 Å². The van der Waals surface area contributed by atoms with Crippen molar-refractivity contribution >= 4 is 24.1 Å². The third-order valence-electron chi connectivity index (χ3n) is 2.24. The van der Waals surface area contributed by atoms with Gasteiger partial charge in [-0.1, -0.05) is 0 Å². The number of nitrogens with zero attached hydrogens (tertiary/aromatic N) is 1. The van der Waals surface area contributed by atoms with Crippen LogP contribution in [0.25, 0.3) is 0 Å². The average molecular weight is 277 g/mol. The largest absolute Gasteiger partial charge is 0.497 e. The van der Waals surface area contributed by atoms with Crippen LogP contribution < -0.4 is 10.5 Å². The monoisotopic (exact) mass is 276 g/mol. The summed E-state index contributed by atoms with van der Waals surface area (Å²) in [6, 6.07) is 2.94. The molecule has 0 aliphatic heterocycles. The molecule has 1 rings (SSSR count). The SMILES string of the molecule is COc1ccc([N+](=O)[O-])c(CC(N)C(=O)O)c1.Cl. The van der Waals surface area contributed by atoms with Gasteiger partial charge in [0.1, 0.15) is 11.8 Å². The first-order valence-corrected chi connectivity index (χ1v) is 4.75. The summed E-state index contributed by atoms with van der Waals surface area (Å²) in [6.45, 7) is 0. The van der Waals surface area contributed by atoms with Crippen LogP contribution in [0.4, 0.5) is 5.69 Å². The second-order valence-corrected chi connectivity index (χ2v) is 3.40. The van der Waals surface area contributed by atoms with Gasteiger partial charge in [0.25, 0.3) is 5.69 Å². The fraction of sp³-hybridized carbons (Fsp3) is 0.300. The Hall–Kier alpha value is -1.86. The zero-order valence-electron chi connectivity index (χ0n) is 9.53. The smallest absolute Gasteiger partial charge is 0.320 e. The van der Waals surface area contributed by atoms with Crippen molar-refractivity contribution < 1.29 is 19.6 Å². The minimum Gasteiger partial charge on any atom is -0.497 e. The number of carbonyl (C=O) groups is 1. The van der Waals surface area contributed by atoms with E-state index < -0.39 is 16.9 Å². The molecule has 0 amide bonds. The van der Waals surface area contributed by atoms with Crippen LogP contribution in [-0.4, -0.2) is 29.2 Å². The molecule has 0 saturated heterocycles. The summed E-state index contributed by atoms with van der Waals surface area (Å²) in [5.74, 6) is -0.787. The molecule has 0 saturated carbocycles. The Kier molecular flexibility index (Phi) is 6.07. The van der Waals surface area contributed by atoms with Crippen molar-refractivity contribution in [3.05, 3.63) is 33.9 Å². The van der Waals surface area contributed by atoms with Gasteiger partial charge in [-0.2, -0.15) is 0 Å². The number of rotatable bonds is 5. The number of methoxy groups -OCH3 is 1. The van der Waals surface area contributed by atoms with Gasteiger partial charge in [-0.15, -0.1) is 12.4 Å². The maximum absolute atomic E-state index is 10.7. The van der Waals surface area contributed by atoms with Crippen LogP contribution in [0, 0.1) is 10.1 Å². The topological polar surface area (TPSA) is 116 Å². The molecule has 1 atom stereocenters. The van der Waals surface area contributed by atoms with Crippen molar-refractivity contribution in [2.24, 2.45) is 5.73 Å². The molecule has 18 heavy (non-hydrogen) atoms. The number of carboxylic acid groups (broad SMARTS) is 1. The van der Waals surface area contributed by atoms with Crippen molar-refractivity contribution in [1.82, 2.24) is 0 Å². The van der Waals surface area contributed by atoms with Crippen LogP contribution in [0.1, 0.15) is 5.56 Å². The molecule has 0 fully saturated rings. The number of nitrogens with two attached hydrogens (primary N) is 1. The van der Waals surface area contributed by atoms with Gasteiger partial charge in [0.2, 0.25) is 0 Å². The number of aliphatic carboxylic acids is 1. The minimum atomic E-state index is -1.21. The Balaban J connectivity index is 0.00000289. The van der Waals surface area contributed by atoms with E-state index in [1.807, 2.05) is 0 Å². The van der Waals surface area contributed by atoms with E-state index in [0.717, 1.165) is 0 Å². The van der Waals surface area contributed by atoms with Gasteiger partial charge >= 0.3 is 5.97 Å². The summed E-state index contributed by atoms with van der Waals surface area (Å²) < 4.78 is 4.92. The van der Waals surface area contributed by atoms with Gasteiger partial charge in [-0.25, -0.2) is 0 Å². The molecule has 0 aliphatic carbocycles. The number of hydrogen-bond donors (Lipinski definition) is 2. The number of nitro groups is 1. The lowest BCUT2D eigenvalue weighted by atomic mass is 10.0. The van der Waals surface area contributed by atoms with Gasteiger partial charge in [-0.3, -0.25) is 14.9 Å². The predicted molar refractivity (Wildman–Crippen MR) is 66.2 cm³/mol. The molecule has 0 bridgehead atoms. The van der Waals surface area contributed by atoms with Crippen LogP contribution >= 0.6 is 12.4 Å². The Morgan fingerprint density at radius 1 is 1.61 bits per heavy atom. The van der Waals surface area contributed by atoms with Crippen molar-refractivity contribution in [3.63, 3.8) is 0 Å². The fourth-order valence-electron chi connectivity index (χ4n) is 1.35. The summed E-state index contributed by atoms with van der Waals surface area (Å²) in [5, 5.41) is 19.4. The molecule has 8 heteroatoms. The molecule has 0 aromatic heterocycles. The van der Waals surface area contributed by atoms with E-state index in [9.17, 15) is 14.9 Å². The predicted octanol–water partition coefficient (Wildman–Crippen LogP) is 0.980. The van der Waals surface area contributed by atoms with Crippen LogP contribution in [-0.2, 0) is 11.2 Å². The molecular formula is C10H13ClN2O5. The van der Waals surface area contributed by atoms with Crippen molar-refractivity contribution in [3.8, 4) is 5.75 Å². The van der Waals surface area contributed by atoms with E-state index in [1.54, 1.807) is 0 Å². The van der Waals surface area contributed by atoms with Gasteiger partial charge in [0.15, 0.2) is 0 Å². The lowest BCUT2D eigenvalue weighted by Crippen LogP contribution is -2.32. The summed E-state index contributed by atoms with van der Waals surface area (Å²) in [6.07, 6.45) is -0.122. The minimum absolute atomic E-state index is 0. The third-order valence-corrected chi connectivity index (χ3v) is 2.24. The molecule has 0 radical (unpaired) electrons. The molecule has 7 nitrogen and oxygen atoms in total. The third kappa shape index (κ3) is 3.86. The highest BCUT2D eigenvalue weighted by Crippen LogP contribution is 2.24. The van der Waals surface area contributed by atoms with Crippen LogP contribution in [0.5, 0.6) is 5.75 Å². The van der Waals surface area contributed by atoms with Crippen LogP contribution in [0.3, 0.4) is 0 Å². The summed E-state index contributed by atoms with van der Waals surface area (Å²) in [7, 11) is 1.42. The second kappa shape index (κ2) is 6.77. The summed E-state index contributed by atoms with van der Waals surface area (Å²) >= 11 is 0. The maximum Gasteiger partial charge on any atom is 0.320 e. The van der Waals surface area contributed by atoms with Crippen molar-refractivity contribution in [2.75, 3.05) is 7.11 Å².